The van der Waals surface area contributed by atoms with E-state index >= 15 is 0 Å². The highest BCUT2D eigenvalue weighted by Gasteiger charge is 2.16. The van der Waals surface area contributed by atoms with E-state index in [0.29, 0.717) is 6.42 Å². The van der Waals surface area contributed by atoms with Crippen LogP contribution in [0.15, 0.2) is 0 Å². The minimum absolute atomic E-state index is 0.127. The Morgan fingerprint density at radius 3 is 1.41 bits per heavy atom. The van der Waals surface area contributed by atoms with Crippen molar-refractivity contribution >= 4 is 12.3 Å². The minimum Gasteiger partial charge on any atom is -0.481 e. The van der Waals surface area contributed by atoms with E-state index in [1.54, 1.807) is 0 Å². The second-order valence-electron chi connectivity index (χ2n) is 8.22. The maximum absolute atomic E-state index is 11.4. The zero-order chi connectivity index (χ0) is 20.0. The van der Waals surface area contributed by atoms with Gasteiger partial charge in [0.05, 0.1) is 5.92 Å². The normalized spacial score (nSPS) is 12.2. The molecule has 0 fully saturated rings. The van der Waals surface area contributed by atoms with Crippen molar-refractivity contribution in [3.63, 3.8) is 0 Å². The predicted molar refractivity (Wildman–Crippen MR) is 115 cm³/mol. The Bertz CT molecular complexity index is 328. The maximum atomic E-state index is 11.4. The molecule has 0 aliphatic carbocycles. The Kier molecular flexibility index (Phi) is 20.8. The molecule has 0 rings (SSSR count). The average molecular weight is 383 g/mol. The van der Waals surface area contributed by atoms with Crippen molar-refractivity contribution < 1.29 is 14.7 Å². The SMILES string of the molecule is CCCCCCCCCCCC(CCCCCCCCCCC=O)C(=O)O. The van der Waals surface area contributed by atoms with Crippen LogP contribution in [0, 0.1) is 5.92 Å². The summed E-state index contributed by atoms with van der Waals surface area (Å²) < 4.78 is 0. The van der Waals surface area contributed by atoms with E-state index in [-0.39, 0.29) is 5.92 Å². The molecule has 0 aliphatic rings. The van der Waals surface area contributed by atoms with E-state index in [1.165, 1.54) is 83.5 Å². The van der Waals surface area contributed by atoms with Crippen LogP contribution in [0.2, 0.25) is 0 Å². The molecule has 0 spiro atoms. The summed E-state index contributed by atoms with van der Waals surface area (Å²) in [7, 11) is 0. The highest BCUT2D eigenvalue weighted by atomic mass is 16.4. The first-order valence-corrected chi connectivity index (χ1v) is 11.9. The Hall–Kier alpha value is -0.860. The number of carboxylic acids is 1. The quantitative estimate of drug-likeness (QED) is 0.154. The Morgan fingerprint density at radius 1 is 0.667 bits per heavy atom. The van der Waals surface area contributed by atoms with Gasteiger partial charge in [-0.25, -0.2) is 0 Å². The van der Waals surface area contributed by atoms with Crippen molar-refractivity contribution in [1.82, 2.24) is 0 Å². The average Bonchev–Trinajstić information content (AvgIpc) is 2.66. The van der Waals surface area contributed by atoms with E-state index < -0.39 is 5.97 Å². The smallest absolute Gasteiger partial charge is 0.306 e. The van der Waals surface area contributed by atoms with Gasteiger partial charge in [-0.15, -0.1) is 0 Å². The van der Waals surface area contributed by atoms with Crippen LogP contribution in [-0.4, -0.2) is 17.4 Å². The van der Waals surface area contributed by atoms with Gasteiger partial charge in [0.1, 0.15) is 6.29 Å². The Labute approximate surface area is 168 Å². The van der Waals surface area contributed by atoms with Crippen LogP contribution >= 0.6 is 0 Å². The van der Waals surface area contributed by atoms with E-state index in [9.17, 15) is 14.7 Å². The molecule has 3 nitrogen and oxygen atoms in total. The number of hydrogen-bond donors (Lipinski definition) is 1. The molecule has 0 radical (unpaired) electrons. The van der Waals surface area contributed by atoms with Gasteiger partial charge in [-0.2, -0.15) is 0 Å². The van der Waals surface area contributed by atoms with Crippen molar-refractivity contribution in [2.45, 2.75) is 135 Å². The van der Waals surface area contributed by atoms with Gasteiger partial charge in [0.2, 0.25) is 0 Å². The fourth-order valence-corrected chi connectivity index (χ4v) is 3.77. The standard InChI is InChI=1S/C24H46O3/c1-2-3-4-5-6-8-11-14-17-20-23(24(26)27)21-18-15-12-9-7-10-13-16-19-22-25/h22-23H,2-21H2,1H3,(H,26,27). The molecule has 0 aromatic rings. The zero-order valence-electron chi connectivity index (χ0n) is 18.1. The molecule has 1 unspecified atom stereocenters. The summed E-state index contributed by atoms with van der Waals surface area (Å²) in [5, 5.41) is 9.42. The molecule has 3 heteroatoms. The Morgan fingerprint density at radius 2 is 1.04 bits per heavy atom. The van der Waals surface area contributed by atoms with E-state index in [1.807, 2.05) is 0 Å². The van der Waals surface area contributed by atoms with Gasteiger partial charge in [0.15, 0.2) is 0 Å². The summed E-state index contributed by atoms with van der Waals surface area (Å²) in [5.41, 5.74) is 0. The lowest BCUT2D eigenvalue weighted by atomic mass is 9.94. The number of unbranched alkanes of at least 4 members (excludes halogenated alkanes) is 16. The van der Waals surface area contributed by atoms with E-state index in [0.717, 1.165) is 44.8 Å². The van der Waals surface area contributed by atoms with E-state index in [2.05, 4.69) is 6.92 Å². The van der Waals surface area contributed by atoms with Crippen molar-refractivity contribution in [2.24, 2.45) is 5.92 Å². The predicted octanol–water partition coefficient (Wildman–Crippen LogP) is 7.71. The molecule has 0 aromatic carbocycles. The molecule has 0 aromatic heterocycles. The van der Waals surface area contributed by atoms with Gasteiger partial charge in [0, 0.05) is 6.42 Å². The highest BCUT2D eigenvalue weighted by molar-refractivity contribution is 5.69. The third-order valence-corrected chi connectivity index (χ3v) is 5.63. The van der Waals surface area contributed by atoms with Crippen molar-refractivity contribution in [1.29, 1.82) is 0 Å². The molecule has 0 aliphatic heterocycles. The van der Waals surface area contributed by atoms with Gasteiger partial charge >= 0.3 is 5.97 Å². The largest absolute Gasteiger partial charge is 0.481 e. The number of aliphatic carboxylic acids is 1. The number of carbonyl (C=O) groups excluding carboxylic acids is 1. The van der Waals surface area contributed by atoms with Crippen LogP contribution in [0.3, 0.4) is 0 Å². The number of carboxylic acid groups (broad SMARTS) is 1. The third-order valence-electron chi connectivity index (χ3n) is 5.63. The monoisotopic (exact) mass is 382 g/mol. The number of rotatable bonds is 22. The van der Waals surface area contributed by atoms with Crippen molar-refractivity contribution in [3.8, 4) is 0 Å². The minimum atomic E-state index is -0.593. The highest BCUT2D eigenvalue weighted by Crippen LogP contribution is 2.20. The summed E-state index contributed by atoms with van der Waals surface area (Å²) in [6, 6.07) is 0. The van der Waals surface area contributed by atoms with Gasteiger partial charge < -0.3 is 9.90 Å². The fraction of sp³-hybridized carbons (Fsp3) is 0.917. The molecule has 0 amide bonds. The first-order chi connectivity index (χ1) is 13.2. The molecule has 1 N–H and O–H groups in total. The van der Waals surface area contributed by atoms with Gasteiger partial charge in [-0.05, 0) is 19.3 Å². The molecule has 160 valence electrons. The second kappa shape index (κ2) is 21.4. The molecule has 0 saturated carbocycles. The topological polar surface area (TPSA) is 54.4 Å². The van der Waals surface area contributed by atoms with Crippen LogP contribution in [0.25, 0.3) is 0 Å². The lowest BCUT2D eigenvalue weighted by Gasteiger charge is -2.12. The summed E-state index contributed by atoms with van der Waals surface area (Å²) in [4.78, 5) is 21.7. The zero-order valence-corrected chi connectivity index (χ0v) is 18.1. The maximum Gasteiger partial charge on any atom is 0.306 e. The first-order valence-electron chi connectivity index (χ1n) is 11.9. The number of aldehydes is 1. The Balaban J connectivity index is 3.47. The van der Waals surface area contributed by atoms with Crippen LogP contribution in [-0.2, 0) is 9.59 Å². The van der Waals surface area contributed by atoms with E-state index in [4.69, 9.17) is 0 Å². The second-order valence-corrected chi connectivity index (χ2v) is 8.22. The summed E-state index contributed by atoms with van der Waals surface area (Å²) in [6.07, 6.45) is 24.4. The molecular weight excluding hydrogens is 336 g/mol. The summed E-state index contributed by atoms with van der Waals surface area (Å²) in [6.45, 7) is 2.25. The molecule has 27 heavy (non-hydrogen) atoms. The van der Waals surface area contributed by atoms with Gasteiger partial charge in [-0.1, -0.05) is 110 Å². The first kappa shape index (κ1) is 26.1. The summed E-state index contributed by atoms with van der Waals surface area (Å²) >= 11 is 0. The molecule has 1 atom stereocenters. The van der Waals surface area contributed by atoms with Crippen LogP contribution in [0.1, 0.15) is 135 Å². The van der Waals surface area contributed by atoms with Crippen molar-refractivity contribution in [3.05, 3.63) is 0 Å². The lowest BCUT2D eigenvalue weighted by Crippen LogP contribution is -2.13. The molecular formula is C24H46O3. The number of hydrogen-bond acceptors (Lipinski definition) is 2. The number of carbonyl (C=O) groups is 2. The van der Waals surface area contributed by atoms with Gasteiger partial charge in [0.25, 0.3) is 0 Å². The van der Waals surface area contributed by atoms with Crippen LogP contribution in [0.5, 0.6) is 0 Å². The molecule has 0 bridgehead atoms. The lowest BCUT2D eigenvalue weighted by molar-refractivity contribution is -0.142. The third kappa shape index (κ3) is 19.7. The van der Waals surface area contributed by atoms with Gasteiger partial charge in [-0.3, -0.25) is 4.79 Å². The summed E-state index contributed by atoms with van der Waals surface area (Å²) in [5.74, 6) is -0.720. The fourth-order valence-electron chi connectivity index (χ4n) is 3.77. The van der Waals surface area contributed by atoms with Crippen molar-refractivity contribution in [2.75, 3.05) is 0 Å². The van der Waals surface area contributed by atoms with Crippen LogP contribution in [0.4, 0.5) is 0 Å². The molecule has 0 heterocycles. The van der Waals surface area contributed by atoms with Crippen LogP contribution < -0.4 is 0 Å². The molecule has 0 saturated heterocycles.